The molecular formula is C25H34N2O4S2. The lowest BCUT2D eigenvalue weighted by atomic mass is 9.98. The number of rotatable bonds is 11. The van der Waals surface area contributed by atoms with E-state index in [9.17, 15) is 14.7 Å². The van der Waals surface area contributed by atoms with Gasteiger partial charge in [-0.05, 0) is 49.4 Å². The molecule has 8 heteroatoms. The molecule has 1 aliphatic rings. The lowest BCUT2D eigenvalue weighted by Crippen LogP contribution is -2.36. The van der Waals surface area contributed by atoms with E-state index in [2.05, 4.69) is 4.98 Å². The Balaban J connectivity index is 0.000000273. The fraction of sp³-hybridized carbons (Fsp3) is 0.480. The highest BCUT2D eigenvalue weighted by molar-refractivity contribution is 8.77. The van der Waals surface area contributed by atoms with Gasteiger partial charge in [0, 0.05) is 42.9 Å². The van der Waals surface area contributed by atoms with Crippen LogP contribution in [0, 0.1) is 0 Å². The summed E-state index contributed by atoms with van der Waals surface area (Å²) in [7, 11) is 3.92. The fourth-order valence-electron chi connectivity index (χ4n) is 3.50. The summed E-state index contributed by atoms with van der Waals surface area (Å²) in [5.41, 5.74) is 1.88. The van der Waals surface area contributed by atoms with Crippen molar-refractivity contribution < 1.29 is 19.8 Å². The highest BCUT2D eigenvalue weighted by Gasteiger charge is 2.24. The van der Waals surface area contributed by atoms with Crippen LogP contribution in [-0.4, -0.2) is 56.1 Å². The number of carboxylic acids is 1. The first-order valence-corrected chi connectivity index (χ1v) is 13.8. The molecule has 6 nitrogen and oxygen atoms in total. The first-order chi connectivity index (χ1) is 16.0. The van der Waals surface area contributed by atoms with Crippen LogP contribution in [0.2, 0.25) is 0 Å². The largest absolute Gasteiger partial charge is 0.481 e. The van der Waals surface area contributed by atoms with Crippen molar-refractivity contribution in [2.45, 2.75) is 56.7 Å². The van der Waals surface area contributed by atoms with E-state index >= 15 is 0 Å². The van der Waals surface area contributed by atoms with E-state index < -0.39 is 11.9 Å². The Labute approximate surface area is 204 Å². The maximum Gasteiger partial charge on any atom is 0.303 e. The van der Waals surface area contributed by atoms with E-state index in [1.54, 1.807) is 17.3 Å². The van der Waals surface area contributed by atoms with Crippen molar-refractivity contribution in [3.05, 3.63) is 66.0 Å². The van der Waals surface area contributed by atoms with Gasteiger partial charge in [0.2, 0.25) is 5.91 Å². The van der Waals surface area contributed by atoms with Gasteiger partial charge in [-0.1, -0.05) is 58.3 Å². The van der Waals surface area contributed by atoms with Crippen molar-refractivity contribution in [1.82, 2.24) is 9.88 Å². The number of carbonyl (C=O) groups excluding carboxylic acids is 1. The van der Waals surface area contributed by atoms with Gasteiger partial charge >= 0.3 is 5.97 Å². The third-order valence-corrected chi connectivity index (χ3v) is 8.40. The molecule has 1 saturated heterocycles. The first kappa shape index (κ1) is 27.2. The lowest BCUT2D eigenvalue weighted by Gasteiger charge is -2.25. The number of carbonyl (C=O) groups is 2. The van der Waals surface area contributed by atoms with Crippen LogP contribution in [0.25, 0.3) is 0 Å². The van der Waals surface area contributed by atoms with Crippen molar-refractivity contribution in [1.29, 1.82) is 0 Å². The first-order valence-electron chi connectivity index (χ1n) is 11.4. The summed E-state index contributed by atoms with van der Waals surface area (Å²) in [5, 5.41) is 18.8. The van der Waals surface area contributed by atoms with Crippen LogP contribution >= 0.6 is 21.6 Å². The molecule has 180 valence electrons. The maximum absolute atomic E-state index is 12.7. The third-order valence-electron chi connectivity index (χ3n) is 5.39. The summed E-state index contributed by atoms with van der Waals surface area (Å²) >= 11 is 0. The summed E-state index contributed by atoms with van der Waals surface area (Å²) < 4.78 is 0. The molecule has 2 N–H and O–H groups in total. The van der Waals surface area contributed by atoms with Crippen molar-refractivity contribution in [2.75, 3.05) is 18.9 Å². The van der Waals surface area contributed by atoms with Crippen LogP contribution in [0.3, 0.4) is 0 Å². The van der Waals surface area contributed by atoms with E-state index in [-0.39, 0.29) is 12.5 Å². The number of carboxylic acid groups (broad SMARTS) is 1. The molecule has 0 radical (unpaired) electrons. The van der Waals surface area contributed by atoms with Crippen molar-refractivity contribution >= 4 is 33.5 Å². The number of hydrogen-bond acceptors (Lipinski definition) is 6. The van der Waals surface area contributed by atoms with Gasteiger partial charge in [0.15, 0.2) is 0 Å². The minimum absolute atomic E-state index is 0.0528. The molecule has 2 unspecified atom stereocenters. The van der Waals surface area contributed by atoms with E-state index in [4.69, 9.17) is 5.11 Å². The number of aliphatic carboxylic acids is 1. The Kier molecular flexibility index (Phi) is 13.0. The Morgan fingerprint density at radius 1 is 1.15 bits per heavy atom. The van der Waals surface area contributed by atoms with Gasteiger partial charge in [0.05, 0.1) is 12.5 Å². The van der Waals surface area contributed by atoms with E-state index in [0.29, 0.717) is 19.5 Å². The van der Waals surface area contributed by atoms with Crippen molar-refractivity contribution in [3.63, 3.8) is 0 Å². The van der Waals surface area contributed by atoms with Gasteiger partial charge in [-0.3, -0.25) is 14.6 Å². The van der Waals surface area contributed by atoms with Gasteiger partial charge in [-0.15, -0.1) is 0 Å². The zero-order chi connectivity index (χ0) is 23.9. The standard InChI is InChI=1S/C17H20N2O2.C8H14O2S2/c1-2-19(12-14-8-10-18-11-9-14)17(21)16(13-20)15-6-4-3-5-7-15;9-8(10)4-2-1-3-7-5-6-11-12-7/h3-11,16,20H,2,12-13H2,1H3;7H,1-6H2,(H,9,10). The normalized spacial score (nSPS) is 15.9. The van der Waals surface area contributed by atoms with Crippen LogP contribution in [0.5, 0.6) is 0 Å². The molecule has 2 aromatic rings. The van der Waals surface area contributed by atoms with Crippen LogP contribution < -0.4 is 0 Å². The topological polar surface area (TPSA) is 90.7 Å². The number of aliphatic hydroxyl groups is 1. The Bertz CT molecular complexity index is 818. The van der Waals surface area contributed by atoms with Gasteiger partial charge in [0.1, 0.15) is 0 Å². The Morgan fingerprint density at radius 2 is 1.88 bits per heavy atom. The smallest absolute Gasteiger partial charge is 0.303 e. The maximum atomic E-state index is 12.7. The number of amides is 1. The quantitative estimate of drug-likeness (QED) is 0.339. The summed E-state index contributed by atoms with van der Waals surface area (Å²) in [4.78, 5) is 28.6. The Morgan fingerprint density at radius 3 is 2.45 bits per heavy atom. The van der Waals surface area contributed by atoms with Crippen LogP contribution in [0.15, 0.2) is 54.9 Å². The number of likely N-dealkylation sites (N-methyl/N-ethyl adjacent to an activating group) is 1. The second-order valence-electron chi connectivity index (χ2n) is 7.82. The highest BCUT2D eigenvalue weighted by Crippen LogP contribution is 2.39. The molecule has 1 aromatic carbocycles. The number of hydrogen-bond donors (Lipinski definition) is 2. The predicted octanol–water partition coefficient (Wildman–Crippen LogP) is 4.99. The number of aromatic nitrogens is 1. The molecule has 1 aliphatic heterocycles. The second-order valence-corrected chi connectivity index (χ2v) is 10.6. The summed E-state index contributed by atoms with van der Waals surface area (Å²) in [6.07, 6.45) is 8.20. The average Bonchev–Trinajstić information content (AvgIpc) is 3.36. The molecule has 0 bridgehead atoms. The third kappa shape index (κ3) is 10.2. The molecule has 2 heterocycles. The van der Waals surface area contributed by atoms with Crippen LogP contribution in [0.4, 0.5) is 0 Å². The molecule has 2 atom stereocenters. The zero-order valence-corrected chi connectivity index (χ0v) is 20.8. The Hall–Kier alpha value is -2.03. The molecule has 33 heavy (non-hydrogen) atoms. The van der Waals surface area contributed by atoms with Gasteiger partial charge in [-0.25, -0.2) is 0 Å². The van der Waals surface area contributed by atoms with Crippen molar-refractivity contribution in [3.8, 4) is 0 Å². The molecule has 1 aromatic heterocycles. The molecule has 0 aliphatic carbocycles. The number of benzene rings is 1. The average molecular weight is 491 g/mol. The van der Waals surface area contributed by atoms with Crippen LogP contribution in [-0.2, 0) is 16.1 Å². The number of unbranched alkanes of at least 4 members (excludes halogenated alkanes) is 1. The highest BCUT2D eigenvalue weighted by atomic mass is 33.1. The van der Waals surface area contributed by atoms with Crippen molar-refractivity contribution in [2.24, 2.45) is 0 Å². The minimum atomic E-state index is -0.663. The SMILES string of the molecule is CCN(Cc1ccncc1)C(=O)C(CO)c1ccccc1.O=C(O)CCCCC1CCSS1. The summed E-state index contributed by atoms with van der Waals surface area (Å²) in [6, 6.07) is 13.2. The fourth-order valence-corrected chi connectivity index (χ4v) is 6.53. The molecule has 0 spiro atoms. The van der Waals surface area contributed by atoms with E-state index in [1.165, 1.54) is 18.6 Å². The second kappa shape index (κ2) is 15.7. The van der Waals surface area contributed by atoms with Crippen LogP contribution in [0.1, 0.15) is 56.1 Å². The van der Waals surface area contributed by atoms with Gasteiger partial charge in [0.25, 0.3) is 0 Å². The molecule has 1 fully saturated rings. The van der Waals surface area contributed by atoms with Gasteiger partial charge in [-0.2, -0.15) is 0 Å². The zero-order valence-electron chi connectivity index (χ0n) is 19.1. The molecule has 0 saturated carbocycles. The molecule has 3 rings (SSSR count). The predicted molar refractivity (Wildman–Crippen MR) is 136 cm³/mol. The monoisotopic (exact) mass is 490 g/mol. The number of nitrogens with zero attached hydrogens (tertiary/aromatic N) is 2. The molecule has 1 amide bonds. The summed E-state index contributed by atoms with van der Waals surface area (Å²) in [5.74, 6) is 0.0494. The van der Waals surface area contributed by atoms with Gasteiger partial charge < -0.3 is 15.1 Å². The lowest BCUT2D eigenvalue weighted by molar-refractivity contribution is -0.137. The number of pyridine rings is 1. The van der Waals surface area contributed by atoms with E-state index in [0.717, 1.165) is 29.2 Å². The minimum Gasteiger partial charge on any atom is -0.481 e. The molecular weight excluding hydrogens is 456 g/mol. The van der Waals surface area contributed by atoms with E-state index in [1.807, 2.05) is 71.0 Å². The summed E-state index contributed by atoms with van der Waals surface area (Å²) in [6.45, 7) is 2.89. The number of aliphatic hydroxyl groups excluding tert-OH is 1.